The first-order valence-electron chi connectivity index (χ1n) is 5.04. The van der Waals surface area contributed by atoms with Crippen molar-refractivity contribution in [1.29, 1.82) is 0 Å². The van der Waals surface area contributed by atoms with Crippen molar-refractivity contribution in [2.24, 2.45) is 5.92 Å². The van der Waals surface area contributed by atoms with E-state index in [9.17, 15) is 18.0 Å². The van der Waals surface area contributed by atoms with Crippen LogP contribution in [0.25, 0.3) is 0 Å². The Morgan fingerprint density at radius 3 is 2.59 bits per heavy atom. The molecular formula is C10H9F3N2O2. The van der Waals surface area contributed by atoms with Crippen LogP contribution in [0.3, 0.4) is 0 Å². The third-order valence-corrected chi connectivity index (χ3v) is 2.51. The number of carboxylic acids is 1. The molecule has 0 spiro atoms. The Bertz CT molecular complexity index is 455. The van der Waals surface area contributed by atoms with Gasteiger partial charge in [-0.15, -0.1) is 0 Å². The van der Waals surface area contributed by atoms with Crippen LogP contribution in [0.2, 0.25) is 0 Å². The van der Waals surface area contributed by atoms with E-state index in [1.165, 1.54) is 0 Å². The molecule has 1 aromatic heterocycles. The topological polar surface area (TPSA) is 63.1 Å². The molecule has 0 atom stereocenters. The number of carboxylic acid groups (broad SMARTS) is 1. The van der Waals surface area contributed by atoms with Gasteiger partial charge in [-0.05, 0) is 18.8 Å². The lowest BCUT2D eigenvalue weighted by molar-refractivity contribution is -0.141. The lowest BCUT2D eigenvalue weighted by atomic mass is 10.2. The van der Waals surface area contributed by atoms with Gasteiger partial charge in [0.15, 0.2) is 5.69 Å². The normalized spacial score (nSPS) is 15.9. The smallest absolute Gasteiger partial charge is 0.434 e. The summed E-state index contributed by atoms with van der Waals surface area (Å²) in [6, 6.07) is 0. The van der Waals surface area contributed by atoms with Gasteiger partial charge in [0.25, 0.3) is 0 Å². The molecule has 2 rings (SSSR count). The zero-order chi connectivity index (χ0) is 12.6. The predicted molar refractivity (Wildman–Crippen MR) is 50.4 cm³/mol. The van der Waals surface area contributed by atoms with E-state index < -0.39 is 23.4 Å². The molecule has 92 valence electrons. The molecular weight excluding hydrogens is 237 g/mol. The lowest BCUT2D eigenvalue weighted by Crippen LogP contribution is -2.17. The SMILES string of the molecule is O=C(O)c1cnc(CC2CC2)nc1C(F)(F)F. The lowest BCUT2D eigenvalue weighted by Gasteiger charge is -2.10. The number of nitrogens with zero attached hydrogens (tertiary/aromatic N) is 2. The Morgan fingerprint density at radius 2 is 2.12 bits per heavy atom. The monoisotopic (exact) mass is 246 g/mol. The molecule has 4 nitrogen and oxygen atoms in total. The molecule has 0 aromatic carbocycles. The van der Waals surface area contributed by atoms with Crippen molar-refractivity contribution in [3.05, 3.63) is 23.3 Å². The summed E-state index contributed by atoms with van der Waals surface area (Å²) < 4.78 is 37.8. The van der Waals surface area contributed by atoms with Gasteiger partial charge in [0, 0.05) is 12.6 Å². The molecule has 1 saturated carbocycles. The second-order valence-corrected chi connectivity index (χ2v) is 4.00. The van der Waals surface area contributed by atoms with Crippen molar-refractivity contribution >= 4 is 5.97 Å². The first-order valence-corrected chi connectivity index (χ1v) is 5.04. The largest absolute Gasteiger partial charge is 0.478 e. The molecule has 0 saturated heterocycles. The number of carbonyl (C=O) groups is 1. The zero-order valence-electron chi connectivity index (χ0n) is 8.66. The fourth-order valence-electron chi connectivity index (χ4n) is 1.47. The molecule has 1 N–H and O–H groups in total. The fourth-order valence-corrected chi connectivity index (χ4v) is 1.47. The number of aromatic nitrogens is 2. The molecule has 17 heavy (non-hydrogen) atoms. The third kappa shape index (κ3) is 2.72. The van der Waals surface area contributed by atoms with E-state index in [0.717, 1.165) is 19.0 Å². The molecule has 0 amide bonds. The molecule has 0 radical (unpaired) electrons. The number of hydrogen-bond acceptors (Lipinski definition) is 3. The molecule has 1 aliphatic carbocycles. The quantitative estimate of drug-likeness (QED) is 0.887. The second kappa shape index (κ2) is 3.97. The van der Waals surface area contributed by atoms with Crippen LogP contribution in [0.1, 0.15) is 34.7 Å². The maximum Gasteiger partial charge on any atom is 0.434 e. The summed E-state index contributed by atoms with van der Waals surface area (Å²) in [5, 5.41) is 8.63. The minimum atomic E-state index is -4.77. The number of hydrogen-bond donors (Lipinski definition) is 1. The summed E-state index contributed by atoms with van der Waals surface area (Å²) in [4.78, 5) is 17.6. The van der Waals surface area contributed by atoms with Crippen LogP contribution in [0.15, 0.2) is 6.20 Å². The first kappa shape index (κ1) is 11.8. The molecule has 1 fully saturated rings. The van der Waals surface area contributed by atoms with Crippen LogP contribution < -0.4 is 0 Å². The highest BCUT2D eigenvalue weighted by Crippen LogP contribution is 2.33. The molecule has 0 aliphatic heterocycles. The molecule has 1 heterocycles. The average molecular weight is 246 g/mol. The zero-order valence-corrected chi connectivity index (χ0v) is 8.66. The summed E-state index contributed by atoms with van der Waals surface area (Å²) in [5.41, 5.74) is -2.27. The third-order valence-electron chi connectivity index (χ3n) is 2.51. The van der Waals surface area contributed by atoms with Gasteiger partial charge in [-0.3, -0.25) is 0 Å². The van der Waals surface area contributed by atoms with Crippen LogP contribution in [0, 0.1) is 5.92 Å². The summed E-state index contributed by atoms with van der Waals surface area (Å²) >= 11 is 0. The highest BCUT2D eigenvalue weighted by molar-refractivity contribution is 5.88. The van der Waals surface area contributed by atoms with E-state index in [4.69, 9.17) is 5.11 Å². The van der Waals surface area contributed by atoms with Crippen molar-refractivity contribution in [1.82, 2.24) is 9.97 Å². The summed E-state index contributed by atoms with van der Waals surface area (Å²) in [7, 11) is 0. The Kier molecular flexibility index (Phi) is 2.76. The Morgan fingerprint density at radius 1 is 1.47 bits per heavy atom. The van der Waals surface area contributed by atoms with Gasteiger partial charge in [0.2, 0.25) is 0 Å². The van der Waals surface area contributed by atoms with Crippen molar-refractivity contribution < 1.29 is 23.1 Å². The van der Waals surface area contributed by atoms with Gasteiger partial charge in [-0.1, -0.05) is 0 Å². The summed E-state index contributed by atoms with van der Waals surface area (Å²) in [6.07, 6.45) is -1.73. The molecule has 0 unspecified atom stereocenters. The Balaban J connectivity index is 2.38. The number of halogens is 3. The number of rotatable bonds is 3. The van der Waals surface area contributed by atoms with E-state index in [2.05, 4.69) is 9.97 Å². The van der Waals surface area contributed by atoms with Crippen LogP contribution in [-0.4, -0.2) is 21.0 Å². The molecule has 7 heteroatoms. The van der Waals surface area contributed by atoms with E-state index in [1.54, 1.807) is 0 Å². The summed E-state index contributed by atoms with van der Waals surface area (Å²) in [6.45, 7) is 0. The average Bonchev–Trinajstić information content (AvgIpc) is 3.00. The predicted octanol–water partition coefficient (Wildman–Crippen LogP) is 2.15. The Hall–Kier alpha value is -1.66. The van der Waals surface area contributed by atoms with E-state index in [1.807, 2.05) is 0 Å². The van der Waals surface area contributed by atoms with Crippen LogP contribution >= 0.6 is 0 Å². The molecule has 1 aromatic rings. The highest BCUT2D eigenvalue weighted by atomic mass is 19.4. The van der Waals surface area contributed by atoms with Crippen molar-refractivity contribution in [3.63, 3.8) is 0 Å². The van der Waals surface area contributed by atoms with Crippen LogP contribution in [0.5, 0.6) is 0 Å². The minimum absolute atomic E-state index is 0.0600. The van der Waals surface area contributed by atoms with E-state index >= 15 is 0 Å². The first-order chi connectivity index (χ1) is 7.88. The van der Waals surface area contributed by atoms with Crippen molar-refractivity contribution in [2.75, 3.05) is 0 Å². The van der Waals surface area contributed by atoms with Crippen LogP contribution in [-0.2, 0) is 12.6 Å². The maximum atomic E-state index is 12.6. The maximum absolute atomic E-state index is 12.6. The number of alkyl halides is 3. The minimum Gasteiger partial charge on any atom is -0.478 e. The summed E-state index contributed by atoms with van der Waals surface area (Å²) in [5.74, 6) is -1.27. The van der Waals surface area contributed by atoms with Gasteiger partial charge >= 0.3 is 12.1 Å². The van der Waals surface area contributed by atoms with Gasteiger partial charge in [-0.25, -0.2) is 14.8 Å². The molecule has 1 aliphatic rings. The van der Waals surface area contributed by atoms with Gasteiger partial charge < -0.3 is 5.11 Å². The van der Waals surface area contributed by atoms with Crippen molar-refractivity contribution in [2.45, 2.75) is 25.4 Å². The van der Waals surface area contributed by atoms with E-state index in [-0.39, 0.29) is 5.82 Å². The van der Waals surface area contributed by atoms with Gasteiger partial charge in [-0.2, -0.15) is 13.2 Å². The van der Waals surface area contributed by atoms with Crippen molar-refractivity contribution in [3.8, 4) is 0 Å². The van der Waals surface area contributed by atoms with Gasteiger partial charge in [0.1, 0.15) is 11.4 Å². The Labute approximate surface area is 94.5 Å². The van der Waals surface area contributed by atoms with Crippen LogP contribution in [0.4, 0.5) is 13.2 Å². The highest BCUT2D eigenvalue weighted by Gasteiger charge is 2.38. The van der Waals surface area contributed by atoms with Gasteiger partial charge in [0.05, 0.1) is 0 Å². The second-order valence-electron chi connectivity index (χ2n) is 4.00. The number of aromatic carboxylic acids is 1. The van der Waals surface area contributed by atoms with E-state index in [0.29, 0.717) is 12.3 Å². The molecule has 0 bridgehead atoms. The fraction of sp³-hybridized carbons (Fsp3) is 0.500. The standard InChI is InChI=1S/C10H9F3N2O2/c11-10(12,13)8-6(9(16)17)4-14-7(15-8)3-5-1-2-5/h4-5H,1-3H2,(H,16,17).